The molecule has 0 fully saturated rings. The number of benzene rings is 2. The molecule has 5 heteroatoms. The van der Waals surface area contributed by atoms with Crippen LogP contribution in [0, 0.1) is 0 Å². The largest absolute Gasteiger partial charge is 0.469 e. The number of ketones is 1. The molecule has 5 nitrogen and oxygen atoms in total. The second-order valence-electron chi connectivity index (χ2n) is 7.42. The summed E-state index contributed by atoms with van der Waals surface area (Å²) in [6, 6.07) is 14.7. The van der Waals surface area contributed by atoms with Crippen LogP contribution in [0.25, 0.3) is 0 Å². The smallest absolute Gasteiger partial charge is 0.307 e. The van der Waals surface area contributed by atoms with Crippen LogP contribution >= 0.6 is 0 Å². The molecule has 2 aromatic rings. The van der Waals surface area contributed by atoms with Gasteiger partial charge < -0.3 is 10.1 Å². The van der Waals surface area contributed by atoms with Gasteiger partial charge in [0.25, 0.3) is 0 Å². The van der Waals surface area contributed by atoms with E-state index in [1.165, 1.54) is 24.7 Å². The van der Waals surface area contributed by atoms with Crippen molar-refractivity contribution < 1.29 is 19.1 Å². The molecule has 0 saturated heterocycles. The highest BCUT2D eigenvalue weighted by Crippen LogP contribution is 2.23. The lowest BCUT2D eigenvalue weighted by Gasteiger charge is -2.18. The van der Waals surface area contributed by atoms with Crippen LogP contribution in [0.3, 0.4) is 0 Å². The molecular formula is C24H27NO4. The standard InChI is InChI=1S/C24H27NO4/c1-29-24(28)16-21(18-8-3-2-4-9-18)25-23(27)14-13-22(26)20-12-11-17-7-5-6-10-19(17)15-20/h2-4,8-9,11-12,15,21H,5-7,10,13-14,16H2,1H3,(H,25,27)/t21-/m0/s1. The first-order valence-electron chi connectivity index (χ1n) is 10.1. The highest BCUT2D eigenvalue weighted by atomic mass is 16.5. The van der Waals surface area contributed by atoms with Crippen LogP contribution in [0.2, 0.25) is 0 Å². The molecule has 0 bridgehead atoms. The van der Waals surface area contributed by atoms with E-state index in [-0.39, 0.29) is 31.0 Å². The fraction of sp³-hybridized carbons (Fsp3) is 0.375. The number of esters is 1. The van der Waals surface area contributed by atoms with E-state index in [4.69, 9.17) is 4.74 Å². The third-order valence-electron chi connectivity index (χ3n) is 5.39. The van der Waals surface area contributed by atoms with Crippen molar-refractivity contribution in [3.63, 3.8) is 0 Å². The zero-order chi connectivity index (χ0) is 20.6. The number of carbonyl (C=O) groups excluding carboxylic acids is 3. The summed E-state index contributed by atoms with van der Waals surface area (Å²) in [6.45, 7) is 0. The Balaban J connectivity index is 1.58. The van der Waals surface area contributed by atoms with Gasteiger partial charge in [-0.1, -0.05) is 42.5 Å². The molecule has 0 unspecified atom stereocenters. The minimum Gasteiger partial charge on any atom is -0.469 e. The van der Waals surface area contributed by atoms with Crippen molar-refractivity contribution in [1.29, 1.82) is 0 Å². The molecule has 0 aliphatic heterocycles. The second kappa shape index (κ2) is 10.0. The molecule has 29 heavy (non-hydrogen) atoms. The zero-order valence-electron chi connectivity index (χ0n) is 16.8. The summed E-state index contributed by atoms with van der Waals surface area (Å²) in [5.41, 5.74) is 4.09. The third-order valence-corrected chi connectivity index (χ3v) is 5.39. The van der Waals surface area contributed by atoms with Gasteiger partial charge in [0.1, 0.15) is 0 Å². The molecule has 152 valence electrons. The van der Waals surface area contributed by atoms with Crippen LogP contribution in [0.1, 0.15) is 65.2 Å². The predicted molar refractivity (Wildman–Crippen MR) is 111 cm³/mol. The number of hydrogen-bond donors (Lipinski definition) is 1. The first-order chi connectivity index (χ1) is 14.1. The number of Topliss-reactive ketones (excluding diaryl/α,β-unsaturated/α-hetero) is 1. The maximum atomic E-state index is 12.6. The van der Waals surface area contributed by atoms with Crippen LogP contribution in [0.15, 0.2) is 48.5 Å². The van der Waals surface area contributed by atoms with Gasteiger partial charge in [0, 0.05) is 18.4 Å². The maximum absolute atomic E-state index is 12.6. The highest BCUT2D eigenvalue weighted by Gasteiger charge is 2.20. The highest BCUT2D eigenvalue weighted by molar-refractivity contribution is 5.98. The van der Waals surface area contributed by atoms with Gasteiger partial charge in [0.15, 0.2) is 5.78 Å². The first-order valence-corrected chi connectivity index (χ1v) is 10.1. The fourth-order valence-corrected chi connectivity index (χ4v) is 3.73. The molecule has 1 aliphatic rings. The van der Waals surface area contributed by atoms with Gasteiger partial charge in [-0.3, -0.25) is 14.4 Å². The van der Waals surface area contributed by atoms with Gasteiger partial charge in [0.2, 0.25) is 5.91 Å². The normalized spacial score (nSPS) is 13.8. The Labute approximate surface area is 171 Å². The summed E-state index contributed by atoms with van der Waals surface area (Å²) in [5, 5.41) is 2.86. The summed E-state index contributed by atoms with van der Waals surface area (Å²) in [4.78, 5) is 36.7. The minimum atomic E-state index is -0.477. The average molecular weight is 393 g/mol. The van der Waals surface area contributed by atoms with E-state index in [0.717, 1.165) is 24.8 Å². The van der Waals surface area contributed by atoms with Gasteiger partial charge in [-0.25, -0.2) is 0 Å². The van der Waals surface area contributed by atoms with Crippen molar-refractivity contribution >= 4 is 17.7 Å². The number of rotatable bonds is 8. The molecule has 0 saturated carbocycles. The number of ether oxygens (including phenoxy) is 1. The van der Waals surface area contributed by atoms with Crippen molar-refractivity contribution in [1.82, 2.24) is 5.32 Å². The minimum absolute atomic E-state index is 0.0299. The quantitative estimate of drug-likeness (QED) is 0.544. The molecule has 0 radical (unpaired) electrons. The van der Waals surface area contributed by atoms with Crippen molar-refractivity contribution in [2.45, 2.75) is 51.0 Å². The van der Waals surface area contributed by atoms with Crippen molar-refractivity contribution in [3.8, 4) is 0 Å². The number of aryl methyl sites for hydroxylation is 2. The number of hydrogen-bond acceptors (Lipinski definition) is 4. The fourth-order valence-electron chi connectivity index (χ4n) is 3.73. The maximum Gasteiger partial charge on any atom is 0.307 e. The molecule has 0 aromatic heterocycles. The van der Waals surface area contributed by atoms with Crippen LogP contribution in [0.5, 0.6) is 0 Å². The van der Waals surface area contributed by atoms with E-state index >= 15 is 0 Å². The topological polar surface area (TPSA) is 72.5 Å². The number of fused-ring (bicyclic) bond motifs is 1. The van der Waals surface area contributed by atoms with Crippen LogP contribution < -0.4 is 5.32 Å². The number of amides is 1. The number of methoxy groups -OCH3 is 1. The Morgan fingerprint density at radius 2 is 1.69 bits per heavy atom. The molecular weight excluding hydrogens is 366 g/mol. The van der Waals surface area contributed by atoms with Crippen molar-refractivity contribution in [2.24, 2.45) is 0 Å². The summed E-state index contributed by atoms with van der Waals surface area (Å²) < 4.78 is 4.74. The third kappa shape index (κ3) is 5.76. The molecule has 1 N–H and O–H groups in total. The lowest BCUT2D eigenvalue weighted by Crippen LogP contribution is -2.30. The van der Waals surface area contributed by atoms with Crippen molar-refractivity contribution in [3.05, 3.63) is 70.8 Å². The monoisotopic (exact) mass is 393 g/mol. The van der Waals surface area contributed by atoms with E-state index in [2.05, 4.69) is 5.32 Å². The Morgan fingerprint density at radius 3 is 2.41 bits per heavy atom. The molecule has 1 atom stereocenters. The molecule has 0 spiro atoms. The van der Waals surface area contributed by atoms with E-state index in [1.54, 1.807) is 0 Å². The van der Waals surface area contributed by atoms with Crippen LogP contribution in [-0.2, 0) is 27.2 Å². The second-order valence-corrected chi connectivity index (χ2v) is 7.42. The summed E-state index contributed by atoms with van der Waals surface area (Å²) in [5.74, 6) is -0.684. The summed E-state index contributed by atoms with van der Waals surface area (Å²) in [6.07, 6.45) is 4.73. The lowest BCUT2D eigenvalue weighted by molar-refractivity contribution is -0.141. The molecule has 2 aromatic carbocycles. The summed E-state index contributed by atoms with van der Waals surface area (Å²) >= 11 is 0. The van der Waals surface area contributed by atoms with Gasteiger partial charge in [0.05, 0.1) is 19.6 Å². The van der Waals surface area contributed by atoms with Crippen molar-refractivity contribution in [2.75, 3.05) is 7.11 Å². The van der Waals surface area contributed by atoms with Gasteiger partial charge in [-0.15, -0.1) is 0 Å². The molecule has 1 amide bonds. The van der Waals surface area contributed by atoms with Gasteiger partial charge >= 0.3 is 5.97 Å². The Kier molecular flexibility index (Phi) is 7.17. The number of nitrogens with one attached hydrogen (secondary N) is 1. The lowest BCUT2D eigenvalue weighted by atomic mass is 9.89. The molecule has 1 aliphatic carbocycles. The van der Waals surface area contributed by atoms with E-state index in [9.17, 15) is 14.4 Å². The zero-order valence-corrected chi connectivity index (χ0v) is 16.8. The summed E-state index contributed by atoms with van der Waals surface area (Å²) in [7, 11) is 1.32. The predicted octanol–water partition coefficient (Wildman–Crippen LogP) is 3.95. The Bertz CT molecular complexity index is 876. The Morgan fingerprint density at radius 1 is 0.966 bits per heavy atom. The van der Waals surface area contributed by atoms with E-state index in [1.807, 2.05) is 48.5 Å². The first kappa shape index (κ1) is 20.8. The average Bonchev–Trinajstić information content (AvgIpc) is 2.77. The molecule has 3 rings (SSSR count). The van der Waals surface area contributed by atoms with E-state index < -0.39 is 12.0 Å². The van der Waals surface area contributed by atoms with Crippen LogP contribution in [0.4, 0.5) is 0 Å². The van der Waals surface area contributed by atoms with E-state index in [0.29, 0.717) is 5.56 Å². The molecule has 0 heterocycles. The SMILES string of the molecule is COC(=O)C[C@H](NC(=O)CCC(=O)c1ccc2c(c1)CCCC2)c1ccccc1. The number of carbonyl (C=O) groups is 3. The van der Waals surface area contributed by atoms with Crippen LogP contribution in [-0.4, -0.2) is 24.8 Å². The van der Waals surface area contributed by atoms with Gasteiger partial charge in [-0.2, -0.15) is 0 Å². The van der Waals surface area contributed by atoms with Gasteiger partial charge in [-0.05, 0) is 48.4 Å². The Hall–Kier alpha value is -2.95.